The summed E-state index contributed by atoms with van der Waals surface area (Å²) in [7, 11) is 0. The van der Waals surface area contributed by atoms with Crippen molar-refractivity contribution in [2.75, 3.05) is 0 Å². The van der Waals surface area contributed by atoms with E-state index in [2.05, 4.69) is 4.98 Å². The van der Waals surface area contributed by atoms with Gasteiger partial charge in [-0.15, -0.1) is 0 Å². The van der Waals surface area contributed by atoms with E-state index in [4.69, 9.17) is 40.2 Å². The maximum Gasteiger partial charge on any atom is 0.150 e. The zero-order valence-corrected chi connectivity index (χ0v) is 10.9. The third-order valence-electron chi connectivity index (χ3n) is 2.03. The van der Waals surface area contributed by atoms with Crippen molar-refractivity contribution in [2.45, 2.75) is 0 Å². The molecule has 0 spiro atoms. The topological polar surface area (TPSA) is 22.1 Å². The lowest BCUT2D eigenvalue weighted by atomic mass is 10.2. The Kier molecular flexibility index (Phi) is 3.94. The van der Waals surface area contributed by atoms with Gasteiger partial charge in [0.1, 0.15) is 15.9 Å². The van der Waals surface area contributed by atoms with Gasteiger partial charge in [-0.25, -0.2) is 4.98 Å². The van der Waals surface area contributed by atoms with E-state index in [0.29, 0.717) is 21.7 Å². The van der Waals surface area contributed by atoms with Gasteiger partial charge in [-0.1, -0.05) is 47.6 Å². The monoisotopic (exact) mass is 283 g/mol. The fourth-order valence-electron chi connectivity index (χ4n) is 1.22. The second-order valence-corrected chi connectivity index (χ2v) is 4.26. The van der Waals surface area contributed by atoms with E-state index >= 15 is 0 Å². The third kappa shape index (κ3) is 3.16. The number of aromatic nitrogens is 1. The molecule has 0 amide bonds. The van der Waals surface area contributed by atoms with Gasteiger partial charge in [-0.3, -0.25) is 0 Å². The van der Waals surface area contributed by atoms with Crippen molar-refractivity contribution in [1.29, 1.82) is 0 Å². The van der Waals surface area contributed by atoms with E-state index in [-0.39, 0.29) is 0 Å². The average Bonchev–Trinajstić information content (AvgIpc) is 2.35. The van der Waals surface area contributed by atoms with Crippen molar-refractivity contribution in [3.63, 3.8) is 0 Å². The van der Waals surface area contributed by atoms with Crippen molar-refractivity contribution >= 4 is 40.8 Å². The maximum atomic E-state index is 5.94. The molecule has 1 heterocycles. The zero-order valence-electron chi connectivity index (χ0n) is 8.56. The van der Waals surface area contributed by atoms with Gasteiger partial charge in [0.15, 0.2) is 5.75 Å². The molecule has 0 saturated heterocycles. The molecular formula is C12H7Cl2NOS. The second kappa shape index (κ2) is 5.45. The number of benzene rings is 1. The van der Waals surface area contributed by atoms with Gasteiger partial charge in [0.25, 0.3) is 0 Å². The maximum absolute atomic E-state index is 5.94. The molecule has 2 nitrogen and oxygen atoms in total. The molecule has 0 aliphatic carbocycles. The second-order valence-electron chi connectivity index (χ2n) is 3.23. The first-order valence-corrected chi connectivity index (χ1v) is 5.96. The Morgan fingerprint density at radius 2 is 1.88 bits per heavy atom. The molecule has 86 valence electrons. The van der Waals surface area contributed by atoms with Crippen LogP contribution in [0.15, 0.2) is 36.5 Å². The minimum atomic E-state index is 0.333. The predicted molar refractivity (Wildman–Crippen MR) is 73.5 cm³/mol. The minimum absolute atomic E-state index is 0.333. The number of nitrogens with zero attached hydrogens (tertiary/aromatic N) is 1. The molecule has 0 unspecified atom stereocenters. The van der Waals surface area contributed by atoms with Crippen LogP contribution in [0.1, 0.15) is 5.56 Å². The van der Waals surface area contributed by atoms with Gasteiger partial charge >= 0.3 is 0 Å². The Hall–Kier alpha value is -1.16. The largest absolute Gasteiger partial charge is 0.456 e. The Bertz CT molecular complexity index is 543. The molecule has 0 radical (unpaired) electrons. The normalized spacial score (nSPS) is 10.0. The molecule has 0 fully saturated rings. The van der Waals surface area contributed by atoms with Gasteiger partial charge < -0.3 is 4.74 Å². The summed E-state index contributed by atoms with van der Waals surface area (Å²) >= 11 is 16.5. The minimum Gasteiger partial charge on any atom is -0.456 e. The van der Waals surface area contributed by atoms with Gasteiger partial charge in [0.2, 0.25) is 0 Å². The summed E-state index contributed by atoms with van der Waals surface area (Å²) in [5, 5.41) is 2.34. The van der Waals surface area contributed by atoms with Crippen molar-refractivity contribution < 1.29 is 4.74 Å². The molecule has 5 heteroatoms. The van der Waals surface area contributed by atoms with Crippen LogP contribution in [0, 0.1) is 0 Å². The molecular weight excluding hydrogens is 277 g/mol. The first-order chi connectivity index (χ1) is 8.19. The number of ether oxygens (including phenoxy) is 1. The molecule has 1 aromatic carbocycles. The van der Waals surface area contributed by atoms with Crippen LogP contribution in [0.5, 0.6) is 11.5 Å². The summed E-state index contributed by atoms with van der Waals surface area (Å²) in [6.07, 6.45) is 1.45. The summed E-state index contributed by atoms with van der Waals surface area (Å²) in [6, 6.07) is 8.90. The molecule has 0 aliphatic rings. The number of halogens is 2. The molecule has 2 rings (SSSR count). The summed E-state index contributed by atoms with van der Waals surface area (Å²) in [4.78, 5) is 3.84. The van der Waals surface area contributed by atoms with Crippen molar-refractivity contribution in [1.82, 2.24) is 4.98 Å². The van der Waals surface area contributed by atoms with Crippen LogP contribution in [0.25, 0.3) is 0 Å². The highest BCUT2D eigenvalue weighted by atomic mass is 35.5. The van der Waals surface area contributed by atoms with E-state index < -0.39 is 0 Å². The molecule has 0 atom stereocenters. The Balaban J connectivity index is 2.24. The SMILES string of the molecule is S=Cc1ccc(Oc2cc(Cl)ncc2Cl)cc1. The Labute approximate surface area is 114 Å². The molecule has 0 bridgehead atoms. The summed E-state index contributed by atoms with van der Waals surface area (Å²) in [5.41, 5.74) is 0.950. The number of pyridine rings is 1. The standard InChI is InChI=1S/C12H7Cl2NOS/c13-10-6-15-12(14)5-11(10)16-9-3-1-8(7-17)2-4-9/h1-7H. The lowest BCUT2D eigenvalue weighted by Gasteiger charge is -2.07. The first kappa shape index (κ1) is 12.3. The van der Waals surface area contributed by atoms with Crippen LogP contribution < -0.4 is 4.74 Å². The third-order valence-corrected chi connectivity index (χ3v) is 2.79. The van der Waals surface area contributed by atoms with Crippen LogP contribution in [0.2, 0.25) is 10.2 Å². The van der Waals surface area contributed by atoms with Crippen LogP contribution in [0.4, 0.5) is 0 Å². The Morgan fingerprint density at radius 3 is 2.53 bits per heavy atom. The molecule has 1 aromatic heterocycles. The van der Waals surface area contributed by atoms with Crippen molar-refractivity contribution in [3.05, 3.63) is 52.3 Å². The van der Waals surface area contributed by atoms with E-state index in [1.165, 1.54) is 6.20 Å². The number of hydrogen-bond donors (Lipinski definition) is 0. The highest BCUT2D eigenvalue weighted by Gasteiger charge is 2.04. The molecule has 0 aliphatic heterocycles. The fourth-order valence-corrected chi connectivity index (χ4v) is 1.66. The van der Waals surface area contributed by atoms with Crippen LogP contribution in [-0.2, 0) is 0 Å². The first-order valence-electron chi connectivity index (χ1n) is 4.73. The van der Waals surface area contributed by atoms with Gasteiger partial charge in [-0.2, -0.15) is 0 Å². The summed E-state index contributed by atoms with van der Waals surface area (Å²) in [6.45, 7) is 0. The summed E-state index contributed by atoms with van der Waals surface area (Å²) in [5.74, 6) is 1.14. The number of rotatable bonds is 3. The quantitative estimate of drug-likeness (QED) is 0.610. The highest BCUT2D eigenvalue weighted by molar-refractivity contribution is 7.79. The molecule has 0 saturated carbocycles. The molecule has 2 aromatic rings. The molecule has 17 heavy (non-hydrogen) atoms. The smallest absolute Gasteiger partial charge is 0.150 e. The van der Waals surface area contributed by atoms with Crippen LogP contribution >= 0.6 is 35.4 Å². The highest BCUT2D eigenvalue weighted by Crippen LogP contribution is 2.30. The number of hydrogen-bond acceptors (Lipinski definition) is 3. The molecule has 0 N–H and O–H groups in total. The van der Waals surface area contributed by atoms with E-state index in [0.717, 1.165) is 5.56 Å². The van der Waals surface area contributed by atoms with Gasteiger partial charge in [0.05, 0.1) is 6.20 Å². The number of thiocarbonyl (C=S) groups is 1. The predicted octanol–water partition coefficient (Wildman–Crippen LogP) is 4.53. The van der Waals surface area contributed by atoms with Gasteiger partial charge in [0, 0.05) is 11.4 Å². The van der Waals surface area contributed by atoms with E-state index in [1.54, 1.807) is 11.4 Å². The van der Waals surface area contributed by atoms with Crippen LogP contribution in [0.3, 0.4) is 0 Å². The van der Waals surface area contributed by atoms with E-state index in [1.807, 2.05) is 24.3 Å². The zero-order chi connectivity index (χ0) is 12.3. The summed E-state index contributed by atoms with van der Waals surface area (Å²) < 4.78 is 5.59. The lowest BCUT2D eigenvalue weighted by molar-refractivity contribution is 0.482. The Morgan fingerprint density at radius 1 is 1.18 bits per heavy atom. The lowest BCUT2D eigenvalue weighted by Crippen LogP contribution is -1.87. The van der Waals surface area contributed by atoms with Crippen molar-refractivity contribution in [2.24, 2.45) is 0 Å². The van der Waals surface area contributed by atoms with E-state index in [9.17, 15) is 0 Å². The van der Waals surface area contributed by atoms with Gasteiger partial charge in [-0.05, 0) is 17.7 Å². The average molecular weight is 284 g/mol. The fraction of sp³-hybridized carbons (Fsp3) is 0. The van der Waals surface area contributed by atoms with Crippen molar-refractivity contribution in [3.8, 4) is 11.5 Å². The van der Waals surface area contributed by atoms with Crippen LogP contribution in [-0.4, -0.2) is 10.4 Å².